The molecule has 2 N–H and O–H groups in total. The average Bonchev–Trinajstić information content (AvgIpc) is 3.25. The molecule has 1 aliphatic heterocycles. The number of hydrogen-bond donors (Lipinski definition) is 2. The van der Waals surface area contributed by atoms with E-state index in [-0.39, 0.29) is 0 Å². The van der Waals surface area contributed by atoms with Crippen molar-refractivity contribution >= 4 is 22.6 Å². The molecule has 0 bridgehead atoms. The molecule has 1 unspecified atom stereocenters. The first-order valence-electron chi connectivity index (χ1n) is 10.7. The second-order valence-corrected chi connectivity index (χ2v) is 7.66. The molecule has 3 nitrogen and oxygen atoms in total. The van der Waals surface area contributed by atoms with E-state index in [1.807, 2.05) is 6.20 Å². The number of rotatable bonds is 8. The van der Waals surface area contributed by atoms with Gasteiger partial charge < -0.3 is 15.0 Å². The van der Waals surface area contributed by atoms with E-state index in [4.69, 9.17) is 4.74 Å². The lowest BCUT2D eigenvalue weighted by atomic mass is 9.93. The zero-order chi connectivity index (χ0) is 19.9. The summed E-state index contributed by atoms with van der Waals surface area (Å²) >= 11 is 0. The molecule has 3 heteroatoms. The fourth-order valence-corrected chi connectivity index (χ4v) is 3.94. The third-order valence-corrected chi connectivity index (χ3v) is 5.56. The lowest BCUT2D eigenvalue weighted by Crippen LogP contribution is -2.32. The lowest BCUT2D eigenvalue weighted by molar-refractivity contribution is 0.309. The Bertz CT molecular complexity index is 984. The molecule has 1 aliphatic rings. The first kappa shape index (κ1) is 19.5. The van der Waals surface area contributed by atoms with E-state index in [0.29, 0.717) is 6.04 Å². The Morgan fingerprint density at radius 2 is 2.00 bits per heavy atom. The molecule has 0 spiro atoms. The largest absolute Gasteiger partial charge is 0.493 e. The van der Waals surface area contributed by atoms with Crippen molar-refractivity contribution in [3.8, 4) is 5.75 Å². The third-order valence-electron chi connectivity index (χ3n) is 5.56. The molecular formula is C26H30N2O. The quantitative estimate of drug-likeness (QED) is 0.453. The third kappa shape index (κ3) is 4.80. The van der Waals surface area contributed by atoms with Crippen LogP contribution in [0.3, 0.4) is 0 Å². The van der Waals surface area contributed by atoms with Crippen LogP contribution in [-0.4, -0.2) is 24.2 Å². The summed E-state index contributed by atoms with van der Waals surface area (Å²) in [6, 6.07) is 17.5. The van der Waals surface area contributed by atoms with Gasteiger partial charge in [0.2, 0.25) is 0 Å². The van der Waals surface area contributed by atoms with Gasteiger partial charge in [-0.15, -0.1) is 0 Å². The van der Waals surface area contributed by atoms with Gasteiger partial charge in [-0.1, -0.05) is 61.9 Å². The molecule has 150 valence electrons. The number of aromatic nitrogens is 1. The summed E-state index contributed by atoms with van der Waals surface area (Å²) in [6.07, 6.45) is 13.1. The first-order chi connectivity index (χ1) is 14.3. The van der Waals surface area contributed by atoms with Gasteiger partial charge in [0.05, 0.1) is 6.61 Å². The van der Waals surface area contributed by atoms with Crippen LogP contribution in [0.4, 0.5) is 0 Å². The van der Waals surface area contributed by atoms with Crippen LogP contribution in [0.25, 0.3) is 22.6 Å². The fourth-order valence-electron chi connectivity index (χ4n) is 3.94. The zero-order valence-corrected chi connectivity index (χ0v) is 17.2. The molecule has 3 aromatic rings. The van der Waals surface area contributed by atoms with Crippen LogP contribution in [0.2, 0.25) is 0 Å². The highest BCUT2D eigenvalue weighted by Gasteiger charge is 2.15. The Balaban J connectivity index is 1.46. The molecule has 4 rings (SSSR count). The van der Waals surface area contributed by atoms with Crippen molar-refractivity contribution in [1.29, 1.82) is 0 Å². The predicted octanol–water partition coefficient (Wildman–Crippen LogP) is 6.20. The van der Waals surface area contributed by atoms with Crippen molar-refractivity contribution in [2.75, 3.05) is 13.2 Å². The van der Waals surface area contributed by atoms with Crippen molar-refractivity contribution < 1.29 is 4.74 Å². The van der Waals surface area contributed by atoms with Gasteiger partial charge in [0.15, 0.2) is 0 Å². The molecular weight excluding hydrogens is 356 g/mol. The highest BCUT2D eigenvalue weighted by atomic mass is 16.5. The maximum absolute atomic E-state index is 6.08. The summed E-state index contributed by atoms with van der Waals surface area (Å²) in [5, 5.41) is 4.85. The van der Waals surface area contributed by atoms with E-state index >= 15 is 0 Å². The van der Waals surface area contributed by atoms with Gasteiger partial charge in [0, 0.05) is 35.2 Å². The van der Waals surface area contributed by atoms with Gasteiger partial charge in [0.25, 0.3) is 0 Å². The summed E-state index contributed by atoms with van der Waals surface area (Å²) < 4.78 is 6.08. The van der Waals surface area contributed by atoms with E-state index in [1.165, 1.54) is 22.1 Å². The summed E-state index contributed by atoms with van der Waals surface area (Å²) in [5.41, 5.74) is 5.11. The van der Waals surface area contributed by atoms with Crippen LogP contribution in [0, 0.1) is 0 Å². The molecule has 0 aliphatic carbocycles. The zero-order valence-electron chi connectivity index (χ0n) is 17.2. The Hall–Kier alpha value is -2.78. The highest BCUT2D eigenvalue weighted by Crippen LogP contribution is 2.30. The van der Waals surface area contributed by atoms with Crippen LogP contribution >= 0.6 is 0 Å². The number of aromatic amines is 1. The SMILES string of the molecule is CCCCOc1ccc2[nH]ccc2c1C=CCC1CC(c2ccccc2)=CCN1. The molecule has 29 heavy (non-hydrogen) atoms. The second kappa shape index (κ2) is 9.62. The number of H-pyrrole nitrogens is 1. The Morgan fingerprint density at radius 1 is 1.10 bits per heavy atom. The van der Waals surface area contributed by atoms with E-state index in [1.54, 1.807) is 0 Å². The standard InChI is InChI=1S/C26H30N2O/c1-2-3-18-29-26-13-12-25-23(15-17-28-25)24(26)11-7-10-22-19-21(14-16-27-22)20-8-5-4-6-9-20/h4-9,11-15,17,22,27-28H,2-3,10,16,18-19H2,1H3. The van der Waals surface area contributed by atoms with Gasteiger partial charge in [0.1, 0.15) is 5.75 Å². The molecule has 2 heterocycles. The summed E-state index contributed by atoms with van der Waals surface area (Å²) in [4.78, 5) is 3.31. The molecule has 0 saturated heterocycles. The maximum Gasteiger partial charge on any atom is 0.127 e. The Kier molecular flexibility index (Phi) is 6.48. The van der Waals surface area contributed by atoms with Crippen LogP contribution < -0.4 is 10.1 Å². The summed E-state index contributed by atoms with van der Waals surface area (Å²) in [7, 11) is 0. The first-order valence-corrected chi connectivity index (χ1v) is 10.7. The highest BCUT2D eigenvalue weighted by molar-refractivity contribution is 5.91. The van der Waals surface area contributed by atoms with Gasteiger partial charge >= 0.3 is 0 Å². The molecule has 0 amide bonds. The van der Waals surface area contributed by atoms with Crippen molar-refractivity contribution in [3.05, 3.63) is 78.0 Å². The number of benzene rings is 2. The van der Waals surface area contributed by atoms with Crippen LogP contribution in [0.5, 0.6) is 5.75 Å². The topological polar surface area (TPSA) is 37.0 Å². The lowest BCUT2D eigenvalue weighted by Gasteiger charge is -2.23. The molecule has 2 aromatic carbocycles. The Morgan fingerprint density at radius 3 is 2.86 bits per heavy atom. The van der Waals surface area contributed by atoms with Crippen molar-refractivity contribution in [2.45, 2.75) is 38.6 Å². The van der Waals surface area contributed by atoms with E-state index < -0.39 is 0 Å². The number of unbranched alkanes of at least 4 members (excludes halogenated alkanes) is 1. The summed E-state index contributed by atoms with van der Waals surface area (Å²) in [5.74, 6) is 0.975. The minimum atomic E-state index is 0.460. The summed E-state index contributed by atoms with van der Waals surface area (Å²) in [6.45, 7) is 3.89. The molecule has 1 aromatic heterocycles. The molecule has 1 atom stereocenters. The van der Waals surface area contributed by atoms with E-state index in [0.717, 1.165) is 50.1 Å². The van der Waals surface area contributed by atoms with E-state index in [2.05, 4.69) is 84.0 Å². The minimum absolute atomic E-state index is 0.460. The van der Waals surface area contributed by atoms with Gasteiger partial charge in [-0.2, -0.15) is 0 Å². The number of nitrogens with one attached hydrogen (secondary N) is 2. The van der Waals surface area contributed by atoms with Crippen LogP contribution in [0.1, 0.15) is 43.7 Å². The molecule has 0 saturated carbocycles. The Labute approximate surface area is 173 Å². The normalized spacial score (nSPS) is 17.0. The van der Waals surface area contributed by atoms with Crippen molar-refractivity contribution in [1.82, 2.24) is 10.3 Å². The van der Waals surface area contributed by atoms with Gasteiger partial charge in [-0.3, -0.25) is 0 Å². The van der Waals surface area contributed by atoms with Crippen molar-refractivity contribution in [2.24, 2.45) is 0 Å². The predicted molar refractivity (Wildman–Crippen MR) is 123 cm³/mol. The van der Waals surface area contributed by atoms with Gasteiger partial charge in [-0.05, 0) is 48.6 Å². The van der Waals surface area contributed by atoms with Crippen LogP contribution in [-0.2, 0) is 0 Å². The fraction of sp³-hybridized carbons (Fsp3) is 0.308. The average molecular weight is 387 g/mol. The number of hydrogen-bond acceptors (Lipinski definition) is 2. The second-order valence-electron chi connectivity index (χ2n) is 7.66. The molecule has 0 radical (unpaired) electrons. The number of ether oxygens (including phenoxy) is 1. The smallest absolute Gasteiger partial charge is 0.127 e. The van der Waals surface area contributed by atoms with Crippen LogP contribution in [0.15, 0.2) is 66.9 Å². The number of fused-ring (bicyclic) bond motifs is 1. The molecule has 0 fully saturated rings. The van der Waals surface area contributed by atoms with E-state index in [9.17, 15) is 0 Å². The maximum atomic E-state index is 6.08. The van der Waals surface area contributed by atoms with Gasteiger partial charge in [-0.25, -0.2) is 0 Å². The van der Waals surface area contributed by atoms with Crippen molar-refractivity contribution in [3.63, 3.8) is 0 Å². The monoisotopic (exact) mass is 386 g/mol. The minimum Gasteiger partial charge on any atom is -0.493 e.